The van der Waals surface area contributed by atoms with Crippen molar-refractivity contribution in [2.24, 2.45) is 0 Å². The van der Waals surface area contributed by atoms with Crippen LogP contribution in [0.5, 0.6) is 0 Å². The van der Waals surface area contributed by atoms with E-state index < -0.39 is 0 Å². The van der Waals surface area contributed by atoms with Crippen molar-refractivity contribution in [3.63, 3.8) is 0 Å². The minimum Gasteiger partial charge on any atom is -0.326 e. The molecule has 0 saturated carbocycles. The molecule has 2 aromatic carbocycles. The van der Waals surface area contributed by atoms with Crippen molar-refractivity contribution in [1.82, 2.24) is 0 Å². The third kappa shape index (κ3) is 3.98. The summed E-state index contributed by atoms with van der Waals surface area (Å²) in [6, 6.07) is 12.9. The van der Waals surface area contributed by atoms with Crippen LogP contribution < -0.4 is 5.32 Å². The summed E-state index contributed by atoms with van der Waals surface area (Å²) in [5.41, 5.74) is 2.52. The van der Waals surface area contributed by atoms with E-state index >= 15 is 0 Å². The molecule has 0 radical (unpaired) electrons. The molecule has 0 saturated heterocycles. The van der Waals surface area contributed by atoms with Crippen molar-refractivity contribution in [2.75, 3.05) is 5.32 Å². The van der Waals surface area contributed by atoms with E-state index in [1.807, 2.05) is 36.4 Å². The molecule has 0 fully saturated rings. The summed E-state index contributed by atoms with van der Waals surface area (Å²) in [5, 5.41) is 3.44. The molecule has 20 heavy (non-hydrogen) atoms. The van der Waals surface area contributed by atoms with E-state index in [0.717, 1.165) is 21.3 Å². The lowest BCUT2D eigenvalue weighted by Crippen LogP contribution is -2.14. The molecule has 2 aromatic rings. The summed E-state index contributed by atoms with van der Waals surface area (Å²) >= 11 is 15.2. The van der Waals surface area contributed by atoms with E-state index in [0.29, 0.717) is 10.9 Å². The number of hydrogen-bond acceptors (Lipinski definition) is 1. The highest BCUT2D eigenvalue weighted by Gasteiger charge is 2.08. The summed E-state index contributed by atoms with van der Waals surface area (Å²) in [6.45, 7) is 0. The van der Waals surface area contributed by atoms with Gasteiger partial charge in [0.2, 0.25) is 5.91 Å². The molecular formula is C15H12BrCl2NO. The van der Waals surface area contributed by atoms with Gasteiger partial charge in [0.15, 0.2) is 0 Å². The number of nitrogens with one attached hydrogen (secondary N) is 1. The summed E-state index contributed by atoms with van der Waals surface area (Å²) in [4.78, 5) is 12.0. The lowest BCUT2D eigenvalue weighted by Gasteiger charge is -2.08. The average Bonchev–Trinajstić information content (AvgIpc) is 2.41. The average molecular weight is 373 g/mol. The van der Waals surface area contributed by atoms with Gasteiger partial charge in [-0.1, -0.05) is 51.8 Å². The minimum absolute atomic E-state index is 0.108. The number of halogens is 3. The molecule has 0 heterocycles. The first-order valence-corrected chi connectivity index (χ1v) is 7.68. The first-order valence-electron chi connectivity index (χ1n) is 5.98. The lowest BCUT2D eigenvalue weighted by molar-refractivity contribution is -0.115. The SMILES string of the molecule is O=C(Cc1ccccc1Cl)Nc1ccc(CCl)c(Br)c1. The van der Waals surface area contributed by atoms with Crippen molar-refractivity contribution >= 4 is 50.7 Å². The highest BCUT2D eigenvalue weighted by Crippen LogP contribution is 2.23. The van der Waals surface area contributed by atoms with Crippen molar-refractivity contribution in [2.45, 2.75) is 12.3 Å². The van der Waals surface area contributed by atoms with E-state index in [9.17, 15) is 4.79 Å². The number of carbonyl (C=O) groups is 1. The first kappa shape index (κ1) is 15.4. The van der Waals surface area contributed by atoms with Gasteiger partial charge >= 0.3 is 0 Å². The predicted molar refractivity (Wildman–Crippen MR) is 87.5 cm³/mol. The fourth-order valence-corrected chi connectivity index (χ4v) is 2.87. The van der Waals surface area contributed by atoms with Crippen LogP contribution in [-0.4, -0.2) is 5.91 Å². The summed E-state index contributed by atoms with van der Waals surface area (Å²) in [5.74, 6) is 0.317. The van der Waals surface area contributed by atoms with Gasteiger partial charge < -0.3 is 5.32 Å². The Morgan fingerprint density at radius 3 is 2.55 bits per heavy atom. The van der Waals surface area contributed by atoms with Crippen LogP contribution in [0.15, 0.2) is 46.9 Å². The second-order valence-electron chi connectivity index (χ2n) is 4.26. The molecule has 0 atom stereocenters. The van der Waals surface area contributed by atoms with E-state index in [-0.39, 0.29) is 12.3 Å². The normalized spacial score (nSPS) is 10.3. The van der Waals surface area contributed by atoms with Crippen LogP contribution in [0.2, 0.25) is 5.02 Å². The van der Waals surface area contributed by atoms with E-state index in [2.05, 4.69) is 21.2 Å². The second kappa shape index (κ2) is 7.11. The molecule has 5 heteroatoms. The van der Waals surface area contributed by atoms with Crippen LogP contribution in [-0.2, 0) is 17.1 Å². The Kier molecular flexibility index (Phi) is 5.46. The van der Waals surface area contributed by atoms with Crippen molar-refractivity contribution in [3.8, 4) is 0 Å². The molecule has 1 amide bonds. The molecule has 0 aliphatic carbocycles. The van der Waals surface area contributed by atoms with Crippen LogP contribution in [0, 0.1) is 0 Å². The van der Waals surface area contributed by atoms with Gasteiger partial charge in [0, 0.05) is 21.1 Å². The highest BCUT2D eigenvalue weighted by atomic mass is 79.9. The zero-order valence-corrected chi connectivity index (χ0v) is 13.6. The summed E-state index contributed by atoms with van der Waals surface area (Å²) < 4.78 is 0.878. The Morgan fingerprint density at radius 1 is 1.15 bits per heavy atom. The van der Waals surface area contributed by atoms with Crippen LogP contribution in [0.25, 0.3) is 0 Å². The molecule has 0 aliphatic heterocycles. The molecule has 104 valence electrons. The number of anilines is 1. The van der Waals surface area contributed by atoms with Gasteiger partial charge in [-0.2, -0.15) is 0 Å². The number of carbonyl (C=O) groups excluding carboxylic acids is 1. The molecule has 0 spiro atoms. The van der Waals surface area contributed by atoms with Gasteiger partial charge in [-0.15, -0.1) is 11.6 Å². The maximum atomic E-state index is 12.0. The molecule has 1 N–H and O–H groups in total. The van der Waals surface area contributed by atoms with Crippen LogP contribution >= 0.6 is 39.1 Å². The fourth-order valence-electron chi connectivity index (χ4n) is 1.75. The molecule has 0 aromatic heterocycles. The van der Waals surface area contributed by atoms with Crippen LogP contribution in [0.1, 0.15) is 11.1 Å². The van der Waals surface area contributed by atoms with E-state index in [1.165, 1.54) is 0 Å². The Labute approximate surface area is 136 Å². The summed E-state index contributed by atoms with van der Waals surface area (Å²) in [6.07, 6.45) is 0.245. The minimum atomic E-state index is -0.108. The Bertz CT molecular complexity index is 631. The monoisotopic (exact) mass is 371 g/mol. The molecule has 0 bridgehead atoms. The Hall–Kier alpha value is -1.03. The third-order valence-corrected chi connectivity index (χ3v) is 4.18. The largest absolute Gasteiger partial charge is 0.326 e. The molecule has 0 unspecified atom stereocenters. The van der Waals surface area contributed by atoms with E-state index in [1.54, 1.807) is 6.07 Å². The first-order chi connectivity index (χ1) is 9.60. The van der Waals surface area contributed by atoms with Gasteiger partial charge in [0.25, 0.3) is 0 Å². The predicted octanol–water partition coefficient (Wildman–Crippen LogP) is 5.02. The molecule has 2 rings (SSSR count). The second-order valence-corrected chi connectivity index (χ2v) is 5.78. The zero-order valence-electron chi connectivity index (χ0n) is 10.5. The van der Waals surface area contributed by atoms with Crippen molar-refractivity contribution in [3.05, 3.63) is 63.1 Å². The number of benzene rings is 2. The molecule has 0 aliphatic rings. The Balaban J connectivity index is 2.05. The van der Waals surface area contributed by atoms with Gasteiger partial charge in [-0.3, -0.25) is 4.79 Å². The lowest BCUT2D eigenvalue weighted by atomic mass is 10.1. The topological polar surface area (TPSA) is 29.1 Å². The van der Waals surface area contributed by atoms with Crippen LogP contribution in [0.3, 0.4) is 0 Å². The number of hydrogen-bond donors (Lipinski definition) is 1. The van der Waals surface area contributed by atoms with Crippen LogP contribution in [0.4, 0.5) is 5.69 Å². The fraction of sp³-hybridized carbons (Fsp3) is 0.133. The highest BCUT2D eigenvalue weighted by molar-refractivity contribution is 9.10. The smallest absolute Gasteiger partial charge is 0.228 e. The standard InChI is InChI=1S/C15H12BrCl2NO/c16-13-8-12(6-5-11(13)9-17)19-15(20)7-10-3-1-2-4-14(10)18/h1-6,8H,7,9H2,(H,19,20). The maximum absolute atomic E-state index is 12.0. The maximum Gasteiger partial charge on any atom is 0.228 e. The van der Waals surface area contributed by atoms with Gasteiger partial charge in [0.1, 0.15) is 0 Å². The Morgan fingerprint density at radius 2 is 1.90 bits per heavy atom. The zero-order chi connectivity index (χ0) is 14.5. The number of alkyl halides is 1. The number of rotatable bonds is 4. The third-order valence-electron chi connectivity index (χ3n) is 2.79. The molecular weight excluding hydrogens is 361 g/mol. The van der Waals surface area contributed by atoms with Gasteiger partial charge in [-0.25, -0.2) is 0 Å². The van der Waals surface area contributed by atoms with Gasteiger partial charge in [0.05, 0.1) is 6.42 Å². The van der Waals surface area contributed by atoms with Gasteiger partial charge in [-0.05, 0) is 29.3 Å². The van der Waals surface area contributed by atoms with E-state index in [4.69, 9.17) is 23.2 Å². The quantitative estimate of drug-likeness (QED) is 0.750. The summed E-state index contributed by atoms with van der Waals surface area (Å²) in [7, 11) is 0. The molecule has 2 nitrogen and oxygen atoms in total. The van der Waals surface area contributed by atoms with Crippen molar-refractivity contribution < 1.29 is 4.79 Å². The van der Waals surface area contributed by atoms with Crippen molar-refractivity contribution in [1.29, 1.82) is 0 Å². The number of amides is 1.